The van der Waals surface area contributed by atoms with E-state index in [9.17, 15) is 0 Å². The van der Waals surface area contributed by atoms with Crippen LogP contribution in [0.15, 0.2) is 16.7 Å². The predicted molar refractivity (Wildman–Crippen MR) is 48.7 cm³/mol. The van der Waals surface area contributed by atoms with E-state index in [1.165, 1.54) is 28.6 Å². The minimum absolute atomic E-state index is 0.655. The van der Waals surface area contributed by atoms with E-state index in [4.69, 9.17) is 0 Å². The Bertz CT molecular complexity index is 283. The van der Waals surface area contributed by atoms with Crippen molar-refractivity contribution >= 4 is 15.9 Å². The molecule has 0 radical (unpaired) electrons. The fourth-order valence-electron chi connectivity index (χ4n) is 1.65. The Morgan fingerprint density at radius 1 is 1.64 bits per heavy atom. The van der Waals surface area contributed by atoms with E-state index in [1.54, 1.807) is 0 Å². The van der Waals surface area contributed by atoms with Crippen molar-refractivity contribution in [3.05, 3.63) is 28.0 Å². The van der Waals surface area contributed by atoms with Gasteiger partial charge in [0.25, 0.3) is 0 Å². The van der Waals surface area contributed by atoms with Crippen LogP contribution in [0.4, 0.5) is 0 Å². The van der Waals surface area contributed by atoms with Crippen LogP contribution in [-0.4, -0.2) is 4.98 Å². The van der Waals surface area contributed by atoms with Crippen LogP contribution in [0.1, 0.15) is 30.5 Å². The zero-order valence-electron chi connectivity index (χ0n) is 6.47. The van der Waals surface area contributed by atoms with E-state index in [0.29, 0.717) is 5.92 Å². The molecule has 58 valence electrons. The summed E-state index contributed by atoms with van der Waals surface area (Å²) in [6.07, 6.45) is 4.32. The second-order valence-electron chi connectivity index (χ2n) is 3.10. The SMILES string of the molecule is CC1CCc2c(Br)ccnc21. The number of nitrogens with zero attached hydrogens (tertiary/aromatic N) is 1. The molecule has 1 heterocycles. The summed E-state index contributed by atoms with van der Waals surface area (Å²) < 4.78 is 1.23. The van der Waals surface area contributed by atoms with Gasteiger partial charge < -0.3 is 0 Å². The molecular formula is C9H10BrN. The summed E-state index contributed by atoms with van der Waals surface area (Å²) in [6.45, 7) is 2.24. The summed E-state index contributed by atoms with van der Waals surface area (Å²) in [5.74, 6) is 0.655. The zero-order valence-corrected chi connectivity index (χ0v) is 8.06. The molecule has 1 aliphatic rings. The van der Waals surface area contributed by atoms with E-state index < -0.39 is 0 Å². The van der Waals surface area contributed by atoms with Gasteiger partial charge in [0, 0.05) is 16.4 Å². The van der Waals surface area contributed by atoms with Crippen molar-refractivity contribution in [3.63, 3.8) is 0 Å². The van der Waals surface area contributed by atoms with Crippen LogP contribution in [0.2, 0.25) is 0 Å². The van der Waals surface area contributed by atoms with Crippen LogP contribution in [-0.2, 0) is 6.42 Å². The second-order valence-corrected chi connectivity index (χ2v) is 3.95. The smallest absolute Gasteiger partial charge is 0.0475 e. The minimum Gasteiger partial charge on any atom is -0.261 e. The first-order valence-corrected chi connectivity index (χ1v) is 4.71. The van der Waals surface area contributed by atoms with Crippen LogP contribution in [0, 0.1) is 0 Å². The van der Waals surface area contributed by atoms with Gasteiger partial charge in [0.05, 0.1) is 0 Å². The molecule has 0 amide bonds. The summed E-state index contributed by atoms with van der Waals surface area (Å²) in [5, 5.41) is 0. The fraction of sp³-hybridized carbons (Fsp3) is 0.444. The zero-order chi connectivity index (χ0) is 7.84. The van der Waals surface area contributed by atoms with Crippen LogP contribution < -0.4 is 0 Å². The first-order valence-electron chi connectivity index (χ1n) is 3.92. The Hall–Kier alpha value is -0.370. The van der Waals surface area contributed by atoms with Gasteiger partial charge in [-0.25, -0.2) is 0 Å². The number of rotatable bonds is 0. The number of halogens is 1. The maximum absolute atomic E-state index is 4.37. The Morgan fingerprint density at radius 3 is 3.18 bits per heavy atom. The Kier molecular flexibility index (Phi) is 1.72. The van der Waals surface area contributed by atoms with Gasteiger partial charge in [-0.05, 0) is 30.4 Å². The molecule has 0 aromatic carbocycles. The number of hydrogen-bond donors (Lipinski definition) is 0. The summed E-state index contributed by atoms with van der Waals surface area (Å²) in [7, 11) is 0. The van der Waals surface area contributed by atoms with E-state index in [-0.39, 0.29) is 0 Å². The molecular weight excluding hydrogens is 202 g/mol. The third-order valence-electron chi connectivity index (χ3n) is 2.33. The minimum atomic E-state index is 0.655. The van der Waals surface area contributed by atoms with Crippen molar-refractivity contribution in [2.24, 2.45) is 0 Å². The van der Waals surface area contributed by atoms with Crippen LogP contribution in [0.3, 0.4) is 0 Å². The number of pyridine rings is 1. The summed E-state index contributed by atoms with van der Waals surface area (Å²) in [5.41, 5.74) is 2.71. The van der Waals surface area contributed by atoms with E-state index >= 15 is 0 Å². The quantitative estimate of drug-likeness (QED) is 0.644. The number of hydrogen-bond acceptors (Lipinski definition) is 1. The van der Waals surface area contributed by atoms with Gasteiger partial charge in [-0.2, -0.15) is 0 Å². The van der Waals surface area contributed by atoms with Crippen molar-refractivity contribution in [2.75, 3.05) is 0 Å². The highest BCUT2D eigenvalue weighted by Crippen LogP contribution is 2.34. The van der Waals surface area contributed by atoms with Crippen LogP contribution in [0.5, 0.6) is 0 Å². The molecule has 2 rings (SSSR count). The summed E-state index contributed by atoms with van der Waals surface area (Å²) in [6, 6.07) is 2.02. The normalized spacial score (nSPS) is 21.8. The van der Waals surface area contributed by atoms with Crippen molar-refractivity contribution in [2.45, 2.75) is 25.7 Å². The van der Waals surface area contributed by atoms with Gasteiger partial charge in [0.1, 0.15) is 0 Å². The highest BCUT2D eigenvalue weighted by molar-refractivity contribution is 9.10. The Balaban J connectivity index is 2.57. The van der Waals surface area contributed by atoms with E-state index in [1.807, 2.05) is 12.3 Å². The molecule has 1 aromatic rings. The second kappa shape index (κ2) is 2.59. The Labute approximate surface area is 75.0 Å². The molecule has 0 saturated heterocycles. The third-order valence-corrected chi connectivity index (χ3v) is 3.07. The topological polar surface area (TPSA) is 12.9 Å². The summed E-state index contributed by atoms with van der Waals surface area (Å²) >= 11 is 3.53. The number of fused-ring (bicyclic) bond motifs is 1. The first-order chi connectivity index (χ1) is 5.29. The standard InChI is InChI=1S/C9H10BrN/c1-6-2-3-7-8(10)4-5-11-9(6)7/h4-6H,2-3H2,1H3. The predicted octanol–water partition coefficient (Wildman–Crippen LogP) is 2.89. The summed E-state index contributed by atoms with van der Waals surface area (Å²) in [4.78, 5) is 4.37. The largest absolute Gasteiger partial charge is 0.261 e. The van der Waals surface area contributed by atoms with Gasteiger partial charge in [-0.1, -0.05) is 22.9 Å². The van der Waals surface area contributed by atoms with Crippen molar-refractivity contribution in [1.82, 2.24) is 4.98 Å². The van der Waals surface area contributed by atoms with Crippen LogP contribution in [0.25, 0.3) is 0 Å². The average molecular weight is 212 g/mol. The maximum atomic E-state index is 4.37. The van der Waals surface area contributed by atoms with Crippen molar-refractivity contribution < 1.29 is 0 Å². The van der Waals surface area contributed by atoms with Gasteiger partial charge >= 0.3 is 0 Å². The molecule has 2 heteroatoms. The molecule has 0 saturated carbocycles. The van der Waals surface area contributed by atoms with Gasteiger partial charge in [0.15, 0.2) is 0 Å². The Morgan fingerprint density at radius 2 is 2.45 bits per heavy atom. The lowest BCUT2D eigenvalue weighted by atomic mass is 10.1. The van der Waals surface area contributed by atoms with E-state index in [0.717, 1.165) is 0 Å². The molecule has 0 aliphatic heterocycles. The van der Waals surface area contributed by atoms with Crippen LogP contribution >= 0.6 is 15.9 Å². The molecule has 1 atom stereocenters. The molecule has 0 bridgehead atoms. The lowest BCUT2D eigenvalue weighted by Gasteiger charge is -2.02. The number of aromatic nitrogens is 1. The molecule has 0 N–H and O–H groups in total. The highest BCUT2D eigenvalue weighted by atomic mass is 79.9. The first kappa shape index (κ1) is 7.29. The average Bonchev–Trinajstić information content (AvgIpc) is 2.35. The van der Waals surface area contributed by atoms with Gasteiger partial charge in [0.2, 0.25) is 0 Å². The molecule has 1 unspecified atom stereocenters. The highest BCUT2D eigenvalue weighted by Gasteiger charge is 2.21. The maximum Gasteiger partial charge on any atom is 0.0475 e. The monoisotopic (exact) mass is 211 g/mol. The van der Waals surface area contributed by atoms with Gasteiger partial charge in [-0.3, -0.25) is 4.98 Å². The van der Waals surface area contributed by atoms with Crippen molar-refractivity contribution in [3.8, 4) is 0 Å². The molecule has 1 aromatic heterocycles. The van der Waals surface area contributed by atoms with E-state index in [2.05, 4.69) is 27.8 Å². The van der Waals surface area contributed by atoms with Crippen molar-refractivity contribution in [1.29, 1.82) is 0 Å². The molecule has 0 fully saturated rings. The molecule has 11 heavy (non-hydrogen) atoms. The molecule has 1 aliphatic carbocycles. The molecule has 0 spiro atoms. The third kappa shape index (κ3) is 1.09. The molecule has 1 nitrogen and oxygen atoms in total. The van der Waals surface area contributed by atoms with Gasteiger partial charge in [-0.15, -0.1) is 0 Å². The lowest BCUT2D eigenvalue weighted by Crippen LogP contribution is -1.90. The lowest BCUT2D eigenvalue weighted by molar-refractivity contribution is 0.731. The fourth-order valence-corrected chi connectivity index (χ4v) is 2.17.